The van der Waals surface area contributed by atoms with Crippen LogP contribution in [0.15, 0.2) is 15.3 Å². The Morgan fingerprint density at radius 1 is 1.16 bits per heavy atom. The van der Waals surface area contributed by atoms with Gasteiger partial charge in [-0.05, 0) is 18.1 Å². The van der Waals surface area contributed by atoms with Crippen molar-refractivity contribution in [3.05, 3.63) is 33.4 Å². The molecule has 1 aromatic rings. The van der Waals surface area contributed by atoms with Crippen molar-refractivity contribution < 1.29 is 29.3 Å². The average molecular weight is 350 g/mol. The molecule has 2 fully saturated rings. The minimum Gasteiger partial charge on any atom is -0.461 e. The van der Waals surface area contributed by atoms with E-state index in [1.54, 1.807) is 13.8 Å². The first-order valence-electron chi connectivity index (χ1n) is 8.59. The fraction of sp³-hybridized carbons (Fsp3) is 0.667. The molecule has 1 aliphatic heterocycles. The van der Waals surface area contributed by atoms with Crippen molar-refractivity contribution in [2.24, 2.45) is 11.3 Å². The molecule has 25 heavy (non-hydrogen) atoms. The molecule has 3 N–H and O–H groups in total. The molecule has 7 atom stereocenters. The minimum atomic E-state index is -1.53. The summed E-state index contributed by atoms with van der Waals surface area (Å²) in [5.74, 6) is -0.642. The smallest absolute Gasteiger partial charge is 0.336 e. The number of hydrogen-bond acceptors (Lipinski definition) is 7. The number of fused-ring (bicyclic) bond motifs is 2. The maximum atomic E-state index is 12.6. The number of ether oxygens (including phenoxy) is 1. The first-order chi connectivity index (χ1) is 11.7. The molecule has 7 heteroatoms. The average Bonchev–Trinajstić information content (AvgIpc) is 2.84. The van der Waals surface area contributed by atoms with Gasteiger partial charge in [-0.1, -0.05) is 13.8 Å². The lowest BCUT2D eigenvalue weighted by Crippen LogP contribution is -2.69. The molecule has 2 heterocycles. The van der Waals surface area contributed by atoms with Gasteiger partial charge in [0.2, 0.25) is 0 Å². The normalized spacial score (nSPS) is 44.9. The second kappa shape index (κ2) is 4.93. The van der Waals surface area contributed by atoms with Gasteiger partial charge in [-0.15, -0.1) is 0 Å². The van der Waals surface area contributed by atoms with Gasteiger partial charge in [0, 0.05) is 30.2 Å². The molecule has 3 aliphatic rings. The molecule has 0 bridgehead atoms. The largest absolute Gasteiger partial charge is 0.461 e. The summed E-state index contributed by atoms with van der Waals surface area (Å²) >= 11 is 0. The highest BCUT2D eigenvalue weighted by Gasteiger charge is 2.73. The molecule has 0 aromatic carbocycles. The number of esters is 1. The molecular weight excluding hydrogens is 328 g/mol. The van der Waals surface area contributed by atoms with Crippen molar-refractivity contribution in [2.75, 3.05) is 0 Å². The number of aliphatic hydroxyl groups is 3. The fourth-order valence-electron chi connectivity index (χ4n) is 5.47. The van der Waals surface area contributed by atoms with E-state index in [1.165, 1.54) is 6.07 Å². The second-order valence-corrected chi connectivity index (χ2v) is 7.81. The van der Waals surface area contributed by atoms with Gasteiger partial charge in [0.1, 0.15) is 23.4 Å². The molecule has 1 saturated heterocycles. The third-order valence-corrected chi connectivity index (χ3v) is 6.69. The van der Waals surface area contributed by atoms with E-state index in [0.717, 1.165) is 5.56 Å². The van der Waals surface area contributed by atoms with E-state index >= 15 is 0 Å². The van der Waals surface area contributed by atoms with Crippen molar-refractivity contribution in [1.29, 1.82) is 0 Å². The Hall–Kier alpha value is -1.70. The van der Waals surface area contributed by atoms with Crippen LogP contribution in [0.2, 0.25) is 0 Å². The van der Waals surface area contributed by atoms with Gasteiger partial charge in [-0.2, -0.15) is 0 Å². The molecular formula is C18H22O7. The lowest BCUT2D eigenvalue weighted by atomic mass is 9.47. The van der Waals surface area contributed by atoms with Gasteiger partial charge in [-0.25, -0.2) is 4.79 Å². The molecule has 136 valence electrons. The number of carbonyl (C=O) groups excluding carboxylic acids is 1. The highest BCUT2D eigenvalue weighted by molar-refractivity contribution is 5.82. The Kier molecular flexibility index (Phi) is 3.30. The Morgan fingerprint density at radius 2 is 1.80 bits per heavy atom. The summed E-state index contributed by atoms with van der Waals surface area (Å²) in [6.45, 7) is 5.14. The molecule has 1 aromatic heterocycles. The number of carbonyl (C=O) groups is 1. The number of aliphatic hydroxyl groups excluding tert-OH is 3. The first-order valence-corrected chi connectivity index (χ1v) is 8.59. The summed E-state index contributed by atoms with van der Waals surface area (Å²) in [6, 6.07) is 1.33. The van der Waals surface area contributed by atoms with E-state index in [9.17, 15) is 24.9 Å². The van der Waals surface area contributed by atoms with Crippen LogP contribution in [-0.4, -0.2) is 45.7 Å². The van der Waals surface area contributed by atoms with Crippen LogP contribution in [-0.2, 0) is 27.8 Å². The van der Waals surface area contributed by atoms with E-state index in [2.05, 4.69) is 0 Å². The molecule has 7 nitrogen and oxygen atoms in total. The predicted molar refractivity (Wildman–Crippen MR) is 84.9 cm³/mol. The summed E-state index contributed by atoms with van der Waals surface area (Å²) in [6.07, 6.45) is -4.02. The first kappa shape index (κ1) is 16.8. The van der Waals surface area contributed by atoms with Crippen LogP contribution in [0.25, 0.3) is 0 Å². The zero-order chi connectivity index (χ0) is 18.3. The standard InChI is InChI=1S/C18H22O7/c1-4-9-7-5-10-13-17(2,8(7)6-11(19)24-9)14(21)12(20)15(22)18(13,3)16(23)25-10/h6,10,12-15,20-22H,4-5H2,1-3H3/t10-,12+,13-,14+,15+,17-,18-/m1/s1. The third-order valence-electron chi connectivity index (χ3n) is 6.69. The van der Waals surface area contributed by atoms with Crippen LogP contribution in [0, 0.1) is 11.3 Å². The van der Waals surface area contributed by atoms with Crippen molar-refractivity contribution in [3.8, 4) is 0 Å². The highest BCUT2D eigenvalue weighted by Crippen LogP contribution is 2.61. The molecule has 0 radical (unpaired) electrons. The Balaban J connectivity index is 2.04. The van der Waals surface area contributed by atoms with E-state index in [1.807, 2.05) is 6.92 Å². The Morgan fingerprint density at radius 3 is 2.44 bits per heavy atom. The number of hydrogen-bond donors (Lipinski definition) is 3. The van der Waals surface area contributed by atoms with Gasteiger partial charge in [-0.3, -0.25) is 4.79 Å². The van der Waals surface area contributed by atoms with Crippen LogP contribution in [0.4, 0.5) is 0 Å². The second-order valence-electron chi connectivity index (χ2n) is 7.81. The van der Waals surface area contributed by atoms with Gasteiger partial charge >= 0.3 is 11.6 Å². The van der Waals surface area contributed by atoms with E-state index in [4.69, 9.17) is 9.15 Å². The lowest BCUT2D eigenvalue weighted by molar-refractivity contribution is -0.197. The monoisotopic (exact) mass is 350 g/mol. The van der Waals surface area contributed by atoms with Crippen molar-refractivity contribution in [1.82, 2.24) is 0 Å². The van der Waals surface area contributed by atoms with Crippen LogP contribution >= 0.6 is 0 Å². The molecule has 2 aliphatic carbocycles. The number of aryl methyl sites for hydroxylation is 1. The van der Waals surface area contributed by atoms with E-state index in [-0.39, 0.29) is 0 Å². The summed E-state index contributed by atoms with van der Waals surface area (Å²) < 4.78 is 10.9. The van der Waals surface area contributed by atoms with Crippen LogP contribution in [0.3, 0.4) is 0 Å². The summed E-state index contributed by atoms with van der Waals surface area (Å²) in [4.78, 5) is 24.6. The Bertz CT molecular complexity index is 814. The van der Waals surface area contributed by atoms with Gasteiger partial charge < -0.3 is 24.5 Å². The third kappa shape index (κ3) is 1.76. The summed E-state index contributed by atoms with van der Waals surface area (Å²) in [5, 5.41) is 31.9. The summed E-state index contributed by atoms with van der Waals surface area (Å²) in [5.41, 5.74) is -1.68. The highest BCUT2D eigenvalue weighted by atomic mass is 16.6. The van der Waals surface area contributed by atoms with E-state index in [0.29, 0.717) is 24.2 Å². The fourth-order valence-corrected chi connectivity index (χ4v) is 5.47. The predicted octanol–water partition coefficient (Wildman–Crippen LogP) is -0.340. The zero-order valence-corrected chi connectivity index (χ0v) is 14.4. The van der Waals surface area contributed by atoms with Gasteiger partial charge in [0.15, 0.2) is 0 Å². The molecule has 1 saturated carbocycles. The topological polar surface area (TPSA) is 117 Å². The van der Waals surface area contributed by atoms with Gasteiger partial charge in [0.05, 0.1) is 12.2 Å². The minimum absolute atomic E-state index is 0.361. The van der Waals surface area contributed by atoms with Crippen LogP contribution in [0.1, 0.15) is 37.7 Å². The lowest BCUT2D eigenvalue weighted by Gasteiger charge is -2.56. The van der Waals surface area contributed by atoms with Crippen LogP contribution < -0.4 is 5.63 Å². The maximum absolute atomic E-state index is 12.6. The van der Waals surface area contributed by atoms with Crippen molar-refractivity contribution in [2.45, 2.75) is 63.4 Å². The molecule has 0 amide bonds. The molecule has 0 spiro atoms. The quantitative estimate of drug-likeness (QED) is 0.593. The van der Waals surface area contributed by atoms with Crippen molar-refractivity contribution in [3.63, 3.8) is 0 Å². The molecule has 4 rings (SSSR count). The summed E-state index contributed by atoms with van der Waals surface area (Å²) in [7, 11) is 0. The van der Waals surface area contributed by atoms with Crippen LogP contribution in [0.5, 0.6) is 0 Å². The van der Waals surface area contributed by atoms with Crippen molar-refractivity contribution >= 4 is 5.97 Å². The van der Waals surface area contributed by atoms with Gasteiger partial charge in [0.25, 0.3) is 0 Å². The number of rotatable bonds is 1. The SMILES string of the molecule is CCc1oc(=O)cc2c1C[C@H]1OC(=O)[C@@]3(C)[C@@H](O)[C@@H](O)[C@H](O)[C@@]2(C)[C@@H]13. The van der Waals surface area contributed by atoms with E-state index < -0.39 is 52.8 Å². The Labute approximate surface area is 144 Å². The molecule has 0 unspecified atom stereocenters. The maximum Gasteiger partial charge on any atom is 0.336 e. The zero-order valence-electron chi connectivity index (χ0n) is 14.4.